The summed E-state index contributed by atoms with van der Waals surface area (Å²) in [5.74, 6) is -0.486. The Morgan fingerprint density at radius 2 is 2.00 bits per heavy atom. The zero-order chi connectivity index (χ0) is 17.2. The van der Waals surface area contributed by atoms with Crippen molar-refractivity contribution in [2.24, 2.45) is 5.73 Å². The standard InChI is InChI=1S/C15H22N4O4/c1-3-19(15(22)9-17-13(20)8-16)10-14(21)18-11-5-4-6-12(7-11)23-2/h4-7H,3,8-10,16H2,1-2H3,(H,17,20)(H,18,21). The van der Waals surface area contributed by atoms with Gasteiger partial charge in [-0.1, -0.05) is 6.07 Å². The van der Waals surface area contributed by atoms with Crippen LogP contribution in [0.15, 0.2) is 24.3 Å². The highest BCUT2D eigenvalue weighted by Gasteiger charge is 2.16. The molecule has 0 aliphatic carbocycles. The van der Waals surface area contributed by atoms with Gasteiger partial charge in [-0.25, -0.2) is 0 Å². The van der Waals surface area contributed by atoms with E-state index in [4.69, 9.17) is 10.5 Å². The molecule has 0 saturated heterocycles. The van der Waals surface area contributed by atoms with Gasteiger partial charge in [-0.05, 0) is 19.1 Å². The van der Waals surface area contributed by atoms with Gasteiger partial charge in [-0.2, -0.15) is 0 Å². The van der Waals surface area contributed by atoms with Gasteiger partial charge in [0.15, 0.2) is 0 Å². The van der Waals surface area contributed by atoms with Crippen molar-refractivity contribution in [3.63, 3.8) is 0 Å². The van der Waals surface area contributed by atoms with Crippen LogP contribution >= 0.6 is 0 Å². The molecule has 23 heavy (non-hydrogen) atoms. The lowest BCUT2D eigenvalue weighted by Crippen LogP contribution is -2.44. The number of carbonyl (C=O) groups is 3. The van der Waals surface area contributed by atoms with E-state index in [1.807, 2.05) is 0 Å². The summed E-state index contributed by atoms with van der Waals surface area (Å²) in [6, 6.07) is 6.91. The molecule has 8 heteroatoms. The van der Waals surface area contributed by atoms with E-state index < -0.39 is 5.91 Å². The van der Waals surface area contributed by atoms with Crippen molar-refractivity contribution in [3.05, 3.63) is 24.3 Å². The SMILES string of the molecule is CCN(CC(=O)Nc1cccc(OC)c1)C(=O)CNC(=O)CN. The zero-order valence-corrected chi connectivity index (χ0v) is 13.3. The van der Waals surface area contributed by atoms with E-state index in [-0.39, 0.29) is 31.4 Å². The lowest BCUT2D eigenvalue weighted by molar-refractivity contribution is -0.135. The summed E-state index contributed by atoms with van der Waals surface area (Å²) in [5.41, 5.74) is 5.72. The van der Waals surface area contributed by atoms with Crippen molar-refractivity contribution in [2.75, 3.05) is 38.6 Å². The minimum Gasteiger partial charge on any atom is -0.497 e. The molecule has 0 heterocycles. The van der Waals surface area contributed by atoms with Crippen LogP contribution in [0.25, 0.3) is 0 Å². The van der Waals surface area contributed by atoms with Crippen LogP contribution in [-0.4, -0.2) is 55.9 Å². The first-order valence-electron chi connectivity index (χ1n) is 7.18. The van der Waals surface area contributed by atoms with Crippen LogP contribution in [0.3, 0.4) is 0 Å². The van der Waals surface area contributed by atoms with Gasteiger partial charge in [0.25, 0.3) is 0 Å². The summed E-state index contributed by atoms with van der Waals surface area (Å²) in [7, 11) is 1.54. The molecule has 4 N–H and O–H groups in total. The van der Waals surface area contributed by atoms with E-state index in [0.29, 0.717) is 18.0 Å². The average molecular weight is 322 g/mol. The Bertz CT molecular complexity index is 562. The second-order valence-corrected chi connectivity index (χ2v) is 4.67. The lowest BCUT2D eigenvalue weighted by Gasteiger charge is -2.20. The van der Waals surface area contributed by atoms with Gasteiger partial charge in [0.2, 0.25) is 17.7 Å². The van der Waals surface area contributed by atoms with Crippen molar-refractivity contribution >= 4 is 23.4 Å². The van der Waals surface area contributed by atoms with Crippen molar-refractivity contribution in [2.45, 2.75) is 6.92 Å². The molecule has 0 fully saturated rings. The summed E-state index contributed by atoms with van der Waals surface area (Å²) >= 11 is 0. The van der Waals surface area contributed by atoms with E-state index in [9.17, 15) is 14.4 Å². The van der Waals surface area contributed by atoms with E-state index in [1.54, 1.807) is 31.2 Å². The number of amides is 3. The van der Waals surface area contributed by atoms with Crippen molar-refractivity contribution in [3.8, 4) is 5.75 Å². The second kappa shape index (κ2) is 9.42. The topological polar surface area (TPSA) is 114 Å². The molecule has 0 bridgehead atoms. The molecular formula is C15H22N4O4. The molecule has 0 aliphatic heterocycles. The predicted molar refractivity (Wildman–Crippen MR) is 85.9 cm³/mol. The number of methoxy groups -OCH3 is 1. The number of rotatable bonds is 8. The summed E-state index contributed by atoms with van der Waals surface area (Å²) in [6.07, 6.45) is 0. The molecule has 1 aromatic rings. The molecular weight excluding hydrogens is 300 g/mol. The minimum absolute atomic E-state index is 0.106. The number of carbonyl (C=O) groups excluding carboxylic acids is 3. The van der Waals surface area contributed by atoms with Gasteiger partial charge in [0, 0.05) is 18.3 Å². The number of nitrogens with one attached hydrogen (secondary N) is 2. The van der Waals surface area contributed by atoms with Crippen LogP contribution in [0.2, 0.25) is 0 Å². The fraction of sp³-hybridized carbons (Fsp3) is 0.400. The van der Waals surface area contributed by atoms with E-state index in [2.05, 4.69) is 10.6 Å². The maximum absolute atomic E-state index is 12.0. The fourth-order valence-electron chi connectivity index (χ4n) is 1.81. The summed E-state index contributed by atoms with van der Waals surface area (Å²) in [4.78, 5) is 36.4. The van der Waals surface area contributed by atoms with Crippen molar-refractivity contribution in [1.29, 1.82) is 0 Å². The molecule has 8 nitrogen and oxygen atoms in total. The largest absolute Gasteiger partial charge is 0.497 e. The van der Waals surface area contributed by atoms with E-state index in [0.717, 1.165) is 0 Å². The number of benzene rings is 1. The number of hydrogen-bond donors (Lipinski definition) is 3. The fourth-order valence-corrected chi connectivity index (χ4v) is 1.81. The van der Waals surface area contributed by atoms with Crippen molar-refractivity contribution < 1.29 is 19.1 Å². The van der Waals surface area contributed by atoms with Gasteiger partial charge in [0.05, 0.1) is 26.7 Å². The Morgan fingerprint density at radius 3 is 2.61 bits per heavy atom. The number of nitrogens with zero attached hydrogens (tertiary/aromatic N) is 1. The molecule has 0 aliphatic rings. The summed E-state index contributed by atoms with van der Waals surface area (Å²) in [5, 5.41) is 5.07. The molecule has 1 rings (SSSR count). The molecule has 0 saturated carbocycles. The Hall–Kier alpha value is -2.61. The molecule has 126 valence electrons. The number of likely N-dealkylation sites (N-methyl/N-ethyl adjacent to an activating group) is 1. The van der Waals surface area contributed by atoms with Crippen LogP contribution in [-0.2, 0) is 14.4 Å². The minimum atomic E-state index is -0.421. The summed E-state index contributed by atoms with van der Waals surface area (Å²) in [6.45, 7) is 1.63. The molecule has 3 amide bonds. The highest BCUT2D eigenvalue weighted by atomic mass is 16.5. The van der Waals surface area contributed by atoms with Gasteiger partial charge in [0.1, 0.15) is 5.75 Å². The summed E-state index contributed by atoms with van der Waals surface area (Å²) < 4.78 is 5.08. The normalized spacial score (nSPS) is 9.87. The third kappa shape index (κ3) is 6.35. The molecule has 1 aromatic carbocycles. The third-order valence-corrected chi connectivity index (χ3v) is 3.04. The number of hydrogen-bond acceptors (Lipinski definition) is 5. The predicted octanol–water partition coefficient (Wildman–Crippen LogP) is -0.443. The van der Waals surface area contributed by atoms with Gasteiger partial charge >= 0.3 is 0 Å². The van der Waals surface area contributed by atoms with E-state index in [1.165, 1.54) is 12.0 Å². The molecule has 0 radical (unpaired) electrons. The maximum atomic E-state index is 12.0. The van der Waals surface area contributed by atoms with Crippen LogP contribution < -0.4 is 21.1 Å². The number of nitrogens with two attached hydrogens (primary N) is 1. The first kappa shape index (κ1) is 18.4. The van der Waals surface area contributed by atoms with Crippen LogP contribution in [0.4, 0.5) is 5.69 Å². The quantitative estimate of drug-likeness (QED) is 0.600. The Morgan fingerprint density at radius 1 is 1.26 bits per heavy atom. The van der Waals surface area contributed by atoms with Crippen molar-refractivity contribution in [1.82, 2.24) is 10.2 Å². The monoisotopic (exact) mass is 322 g/mol. The smallest absolute Gasteiger partial charge is 0.243 e. The highest BCUT2D eigenvalue weighted by molar-refractivity contribution is 5.95. The average Bonchev–Trinajstić information content (AvgIpc) is 2.57. The van der Waals surface area contributed by atoms with Gasteiger partial charge in [-0.15, -0.1) is 0 Å². The third-order valence-electron chi connectivity index (χ3n) is 3.04. The number of ether oxygens (including phenoxy) is 1. The molecule has 0 unspecified atom stereocenters. The van der Waals surface area contributed by atoms with E-state index >= 15 is 0 Å². The van der Waals surface area contributed by atoms with Gasteiger partial charge in [-0.3, -0.25) is 14.4 Å². The van der Waals surface area contributed by atoms with Gasteiger partial charge < -0.3 is 26.0 Å². The highest BCUT2D eigenvalue weighted by Crippen LogP contribution is 2.16. The molecule has 0 aromatic heterocycles. The first-order valence-corrected chi connectivity index (χ1v) is 7.18. The Kier molecular flexibility index (Phi) is 7.55. The van der Waals surface area contributed by atoms with Crippen LogP contribution in [0.1, 0.15) is 6.92 Å². The Labute approximate surface area is 135 Å². The number of anilines is 1. The maximum Gasteiger partial charge on any atom is 0.243 e. The Balaban J connectivity index is 2.55. The van der Waals surface area contributed by atoms with Crippen LogP contribution in [0, 0.1) is 0 Å². The zero-order valence-electron chi connectivity index (χ0n) is 13.3. The molecule has 0 atom stereocenters. The molecule has 0 spiro atoms. The lowest BCUT2D eigenvalue weighted by atomic mass is 10.3. The first-order chi connectivity index (χ1) is 11.0. The second-order valence-electron chi connectivity index (χ2n) is 4.67. The van der Waals surface area contributed by atoms with Crippen LogP contribution in [0.5, 0.6) is 5.75 Å².